The molecule has 1 atom stereocenters. The van der Waals surface area contributed by atoms with Crippen LogP contribution >= 0.6 is 18.1 Å². The second kappa shape index (κ2) is 3.33. The lowest BCUT2D eigenvalue weighted by atomic mass is 10.3. The lowest BCUT2D eigenvalue weighted by Crippen LogP contribution is -2.12. The third-order valence-electron chi connectivity index (χ3n) is 1.90. The number of para-hydroxylation sites is 1. The fourth-order valence-corrected chi connectivity index (χ4v) is 3.17. The number of nitrogens with zero attached hydrogens (tertiary/aromatic N) is 1. The van der Waals surface area contributed by atoms with E-state index in [-0.39, 0.29) is 0 Å². The molecule has 0 N–H and O–H groups in total. The van der Waals surface area contributed by atoms with Crippen LogP contribution in [-0.4, -0.2) is 13.2 Å². The summed E-state index contributed by atoms with van der Waals surface area (Å²) in [6.45, 7) is -2.06. The van der Waals surface area contributed by atoms with Crippen LogP contribution in [0.5, 0.6) is 0 Å². The lowest BCUT2D eigenvalue weighted by molar-refractivity contribution is 0.369. The molecule has 1 saturated heterocycles. The van der Waals surface area contributed by atoms with Crippen molar-refractivity contribution < 1.29 is 9.09 Å². The van der Waals surface area contributed by atoms with Crippen LogP contribution in [0.15, 0.2) is 30.3 Å². The molecule has 1 heterocycles. The number of halogens is 1. The van der Waals surface area contributed by atoms with Gasteiger partial charge in [0.25, 0.3) is 0 Å². The Bertz CT molecular complexity index is 343. The first-order valence-electron chi connectivity index (χ1n) is 3.97. The molecule has 0 spiro atoms. The van der Waals surface area contributed by atoms with Crippen LogP contribution < -0.4 is 4.67 Å². The average molecular weight is 218 g/mol. The van der Waals surface area contributed by atoms with Crippen molar-refractivity contribution in [1.29, 1.82) is 0 Å². The number of anilines is 1. The maximum Gasteiger partial charge on any atom is 0.388 e. The monoisotopic (exact) mass is 217 g/mol. The number of hydrogen-bond acceptors (Lipinski definition) is 2. The standard InChI is InChI=1S/C8H9ClNO2P/c9-13(11)10(6-7-12-13)8-4-2-1-3-5-8/h1-5H,6-7H2. The lowest BCUT2D eigenvalue weighted by Gasteiger charge is -2.18. The van der Waals surface area contributed by atoms with Gasteiger partial charge in [0.2, 0.25) is 0 Å². The van der Waals surface area contributed by atoms with Crippen LogP contribution in [0.1, 0.15) is 0 Å². The molecule has 1 fully saturated rings. The van der Waals surface area contributed by atoms with Gasteiger partial charge in [-0.1, -0.05) is 18.2 Å². The SMILES string of the molecule is O=P1(Cl)OCCN1c1ccccc1. The third kappa shape index (κ3) is 1.73. The van der Waals surface area contributed by atoms with E-state index >= 15 is 0 Å². The summed E-state index contributed by atoms with van der Waals surface area (Å²) in [5.74, 6) is 0. The highest BCUT2D eigenvalue weighted by Gasteiger charge is 2.35. The maximum absolute atomic E-state index is 11.6. The van der Waals surface area contributed by atoms with Crippen molar-refractivity contribution in [2.24, 2.45) is 0 Å². The van der Waals surface area contributed by atoms with E-state index in [2.05, 4.69) is 0 Å². The van der Waals surface area contributed by atoms with Crippen LogP contribution in [-0.2, 0) is 9.09 Å². The molecule has 0 amide bonds. The molecular formula is C8H9ClNO2P. The van der Waals surface area contributed by atoms with E-state index in [1.54, 1.807) is 4.67 Å². The summed E-state index contributed by atoms with van der Waals surface area (Å²) < 4.78 is 18.2. The topological polar surface area (TPSA) is 29.5 Å². The smallest absolute Gasteiger partial charge is 0.300 e. The van der Waals surface area contributed by atoms with Crippen LogP contribution in [0.3, 0.4) is 0 Å². The van der Waals surface area contributed by atoms with Crippen LogP contribution in [0, 0.1) is 0 Å². The van der Waals surface area contributed by atoms with E-state index in [4.69, 9.17) is 15.8 Å². The van der Waals surface area contributed by atoms with Crippen molar-refractivity contribution in [3.8, 4) is 0 Å². The zero-order valence-corrected chi connectivity index (χ0v) is 8.54. The van der Waals surface area contributed by atoms with Crippen molar-refractivity contribution in [3.63, 3.8) is 0 Å². The van der Waals surface area contributed by atoms with Gasteiger partial charge in [0.1, 0.15) is 0 Å². The highest BCUT2D eigenvalue weighted by atomic mass is 35.7. The van der Waals surface area contributed by atoms with Gasteiger partial charge in [-0.15, -0.1) is 0 Å². The van der Waals surface area contributed by atoms with Gasteiger partial charge in [-0.2, -0.15) is 0 Å². The molecule has 70 valence electrons. The van der Waals surface area contributed by atoms with Gasteiger partial charge < -0.3 is 4.52 Å². The molecule has 0 saturated carbocycles. The third-order valence-corrected chi connectivity index (χ3v) is 4.25. The summed E-state index contributed by atoms with van der Waals surface area (Å²) >= 11 is 5.73. The Hall–Kier alpha value is -0.500. The van der Waals surface area contributed by atoms with Crippen molar-refractivity contribution in [2.75, 3.05) is 17.8 Å². The van der Waals surface area contributed by atoms with Gasteiger partial charge in [-0.05, 0) is 23.4 Å². The Morgan fingerprint density at radius 2 is 2.08 bits per heavy atom. The Morgan fingerprint density at radius 3 is 2.62 bits per heavy atom. The first-order chi connectivity index (χ1) is 6.20. The van der Waals surface area contributed by atoms with E-state index in [0.717, 1.165) is 5.69 Å². The van der Waals surface area contributed by atoms with Gasteiger partial charge in [-0.25, -0.2) is 4.57 Å². The summed E-state index contributed by atoms with van der Waals surface area (Å²) in [6.07, 6.45) is 0. The predicted molar refractivity (Wildman–Crippen MR) is 53.2 cm³/mol. The van der Waals surface area contributed by atoms with E-state index in [1.807, 2.05) is 30.3 Å². The van der Waals surface area contributed by atoms with Crippen molar-refractivity contribution in [1.82, 2.24) is 0 Å². The highest BCUT2D eigenvalue weighted by molar-refractivity contribution is 7.86. The Labute approximate surface area is 81.6 Å². The summed E-state index contributed by atoms with van der Waals surface area (Å²) in [5.41, 5.74) is 0.846. The van der Waals surface area contributed by atoms with Crippen LogP contribution in [0.25, 0.3) is 0 Å². The van der Waals surface area contributed by atoms with Gasteiger partial charge in [-0.3, -0.25) is 4.67 Å². The highest BCUT2D eigenvalue weighted by Crippen LogP contribution is 2.60. The van der Waals surface area contributed by atoms with Crippen LogP contribution in [0.4, 0.5) is 5.69 Å². The average Bonchev–Trinajstić information content (AvgIpc) is 2.47. The molecule has 3 nitrogen and oxygen atoms in total. The zero-order valence-electron chi connectivity index (χ0n) is 6.89. The van der Waals surface area contributed by atoms with E-state index < -0.39 is 6.87 Å². The van der Waals surface area contributed by atoms with E-state index in [1.165, 1.54) is 0 Å². The predicted octanol–water partition coefficient (Wildman–Crippen LogP) is 2.87. The van der Waals surface area contributed by atoms with Gasteiger partial charge in [0.05, 0.1) is 13.2 Å². The maximum atomic E-state index is 11.6. The summed E-state index contributed by atoms with van der Waals surface area (Å²) in [6, 6.07) is 9.39. The number of hydrogen-bond donors (Lipinski definition) is 0. The Kier molecular flexibility index (Phi) is 2.33. The second-order valence-corrected chi connectivity index (χ2v) is 5.67. The van der Waals surface area contributed by atoms with Crippen LogP contribution in [0.2, 0.25) is 0 Å². The molecule has 2 rings (SSSR count). The Balaban J connectivity index is 2.32. The molecule has 13 heavy (non-hydrogen) atoms. The molecule has 0 bridgehead atoms. The quantitative estimate of drug-likeness (QED) is 0.678. The molecule has 0 aliphatic carbocycles. The van der Waals surface area contributed by atoms with Crippen molar-refractivity contribution >= 4 is 23.8 Å². The molecule has 1 aliphatic rings. The van der Waals surface area contributed by atoms with Crippen molar-refractivity contribution in [2.45, 2.75) is 0 Å². The minimum absolute atomic E-state index is 0.426. The fraction of sp³-hybridized carbons (Fsp3) is 0.250. The molecule has 5 heteroatoms. The van der Waals surface area contributed by atoms with E-state index in [9.17, 15) is 4.57 Å². The van der Waals surface area contributed by atoms with Gasteiger partial charge in [0, 0.05) is 5.69 Å². The molecule has 1 unspecified atom stereocenters. The molecule has 0 aromatic heterocycles. The molecule has 0 radical (unpaired) electrons. The first-order valence-corrected chi connectivity index (χ1v) is 6.46. The number of rotatable bonds is 1. The van der Waals surface area contributed by atoms with E-state index in [0.29, 0.717) is 13.2 Å². The van der Waals surface area contributed by atoms with Crippen molar-refractivity contribution in [3.05, 3.63) is 30.3 Å². The normalized spacial score (nSPS) is 27.9. The minimum Gasteiger partial charge on any atom is -0.300 e. The molecule has 1 aromatic rings. The van der Waals surface area contributed by atoms with Gasteiger partial charge >= 0.3 is 6.87 Å². The fourth-order valence-electron chi connectivity index (χ4n) is 1.30. The second-order valence-electron chi connectivity index (χ2n) is 2.74. The minimum atomic E-state index is -3.07. The Morgan fingerprint density at radius 1 is 1.38 bits per heavy atom. The summed E-state index contributed by atoms with van der Waals surface area (Å²) in [4.78, 5) is 0. The summed E-state index contributed by atoms with van der Waals surface area (Å²) in [5, 5.41) is 0. The molecular weight excluding hydrogens is 209 g/mol. The first kappa shape index (κ1) is 9.07. The largest absolute Gasteiger partial charge is 0.388 e. The van der Waals surface area contributed by atoms with Gasteiger partial charge in [0.15, 0.2) is 0 Å². The zero-order chi connectivity index (χ0) is 9.31. The molecule has 1 aliphatic heterocycles. The summed E-state index contributed by atoms with van der Waals surface area (Å²) in [7, 11) is 0. The molecule has 1 aromatic carbocycles. The number of benzene rings is 1.